The molecule has 25 heavy (non-hydrogen) atoms. The van der Waals surface area contributed by atoms with Gasteiger partial charge >= 0.3 is 6.03 Å². The molecule has 1 unspecified atom stereocenters. The van der Waals surface area contributed by atoms with Crippen LogP contribution in [0.15, 0.2) is 24.3 Å². The van der Waals surface area contributed by atoms with E-state index in [1.54, 1.807) is 0 Å². The van der Waals surface area contributed by atoms with E-state index in [0.29, 0.717) is 0 Å². The van der Waals surface area contributed by atoms with Gasteiger partial charge in [-0.25, -0.2) is 4.79 Å². The molecular formula is C20H30N3OP. The summed E-state index contributed by atoms with van der Waals surface area (Å²) < 4.78 is 0. The van der Waals surface area contributed by atoms with E-state index in [1.807, 2.05) is 0 Å². The van der Waals surface area contributed by atoms with Gasteiger partial charge in [-0.1, -0.05) is 18.2 Å². The van der Waals surface area contributed by atoms with Crippen molar-refractivity contribution in [2.24, 2.45) is 5.92 Å². The summed E-state index contributed by atoms with van der Waals surface area (Å²) in [6.07, 6.45) is 6.95. The number of urea groups is 1. The number of benzene rings is 1. The predicted octanol–water partition coefficient (Wildman–Crippen LogP) is 2.69. The van der Waals surface area contributed by atoms with Gasteiger partial charge in [0, 0.05) is 18.6 Å². The van der Waals surface area contributed by atoms with Gasteiger partial charge in [0.05, 0.1) is 5.54 Å². The Morgan fingerprint density at radius 1 is 1.24 bits per heavy atom. The maximum absolute atomic E-state index is 12.4. The fourth-order valence-corrected chi connectivity index (χ4v) is 5.17. The molecule has 1 aliphatic heterocycles. The minimum absolute atomic E-state index is 0.0394. The maximum atomic E-state index is 12.4. The zero-order valence-electron chi connectivity index (χ0n) is 15.4. The number of hydrogen-bond donors (Lipinski definition) is 1. The first kappa shape index (κ1) is 17.3. The molecule has 1 saturated heterocycles. The number of carbonyl (C=O) groups is 1. The Balaban J connectivity index is 1.58. The van der Waals surface area contributed by atoms with Crippen LogP contribution in [0.3, 0.4) is 0 Å². The first-order valence-electron chi connectivity index (χ1n) is 9.54. The molecule has 1 heterocycles. The van der Waals surface area contributed by atoms with Crippen molar-refractivity contribution in [1.82, 2.24) is 15.1 Å². The molecule has 5 heteroatoms. The SMILES string of the molecule is CN(C)C1(c2cccc(P)c2)CCC2(CC1)CNC(=O)N2CC1CC1. The quantitative estimate of drug-likeness (QED) is 0.839. The fourth-order valence-electron chi connectivity index (χ4n) is 4.88. The van der Waals surface area contributed by atoms with Crippen LogP contribution in [0.1, 0.15) is 44.1 Å². The van der Waals surface area contributed by atoms with Crippen molar-refractivity contribution >= 4 is 20.6 Å². The van der Waals surface area contributed by atoms with E-state index in [2.05, 4.69) is 62.7 Å². The van der Waals surface area contributed by atoms with Crippen molar-refractivity contribution in [3.8, 4) is 0 Å². The Morgan fingerprint density at radius 3 is 2.56 bits per heavy atom. The highest BCUT2D eigenvalue weighted by atomic mass is 31.0. The standard InChI is InChI=1S/C20H30N3OP/c1-22(2)20(16-4-3-5-17(25)12-16)10-8-19(9-11-20)14-21-18(24)23(19)13-15-6-7-15/h3-5,12,15H,6-11,13-14,25H2,1-2H3,(H,21,24). The van der Waals surface area contributed by atoms with Crippen LogP contribution in [-0.2, 0) is 5.54 Å². The maximum Gasteiger partial charge on any atom is 0.318 e. The Hall–Kier alpha value is -1.12. The summed E-state index contributed by atoms with van der Waals surface area (Å²) >= 11 is 0. The van der Waals surface area contributed by atoms with Crippen LogP contribution >= 0.6 is 9.24 Å². The van der Waals surface area contributed by atoms with Crippen molar-refractivity contribution in [2.45, 2.75) is 49.6 Å². The molecule has 3 fully saturated rings. The smallest absolute Gasteiger partial charge is 0.318 e. The third kappa shape index (κ3) is 2.98. The van der Waals surface area contributed by atoms with Crippen molar-refractivity contribution in [3.63, 3.8) is 0 Å². The minimum atomic E-state index is 0.0394. The van der Waals surface area contributed by atoms with Crippen LogP contribution in [0, 0.1) is 5.92 Å². The zero-order chi connectivity index (χ0) is 17.7. The van der Waals surface area contributed by atoms with E-state index >= 15 is 0 Å². The van der Waals surface area contributed by atoms with Crippen LogP contribution in [-0.4, -0.2) is 48.6 Å². The molecule has 1 spiro atoms. The third-order valence-electron chi connectivity index (χ3n) is 6.81. The largest absolute Gasteiger partial charge is 0.336 e. The number of hydrogen-bond acceptors (Lipinski definition) is 2. The van der Waals surface area contributed by atoms with Gasteiger partial charge in [-0.15, -0.1) is 9.24 Å². The number of rotatable bonds is 4. The summed E-state index contributed by atoms with van der Waals surface area (Å²) in [6, 6.07) is 9.04. The molecule has 2 aliphatic carbocycles. The lowest BCUT2D eigenvalue weighted by Crippen LogP contribution is -2.55. The van der Waals surface area contributed by atoms with Crippen molar-refractivity contribution in [1.29, 1.82) is 0 Å². The highest BCUT2D eigenvalue weighted by Gasteiger charge is 2.52. The fraction of sp³-hybridized carbons (Fsp3) is 0.650. The lowest BCUT2D eigenvalue weighted by Gasteiger charge is -2.51. The van der Waals surface area contributed by atoms with E-state index in [-0.39, 0.29) is 17.1 Å². The molecular weight excluding hydrogens is 329 g/mol. The average Bonchev–Trinajstić information content (AvgIpc) is 3.37. The monoisotopic (exact) mass is 359 g/mol. The Morgan fingerprint density at radius 2 is 1.96 bits per heavy atom. The molecule has 4 nitrogen and oxygen atoms in total. The van der Waals surface area contributed by atoms with Crippen LogP contribution in [0.25, 0.3) is 0 Å². The van der Waals surface area contributed by atoms with Crippen LogP contribution < -0.4 is 10.6 Å². The van der Waals surface area contributed by atoms with Gasteiger partial charge in [0.25, 0.3) is 0 Å². The first-order valence-corrected chi connectivity index (χ1v) is 10.1. The van der Waals surface area contributed by atoms with E-state index in [1.165, 1.54) is 23.7 Å². The number of amides is 2. The topological polar surface area (TPSA) is 35.6 Å². The molecule has 0 aromatic heterocycles. The van der Waals surface area contributed by atoms with E-state index in [9.17, 15) is 4.79 Å². The van der Waals surface area contributed by atoms with Gasteiger partial charge in [0.1, 0.15) is 0 Å². The zero-order valence-corrected chi connectivity index (χ0v) is 16.6. The molecule has 0 radical (unpaired) electrons. The predicted molar refractivity (Wildman–Crippen MR) is 105 cm³/mol. The van der Waals surface area contributed by atoms with Gasteiger partial charge < -0.3 is 10.2 Å². The second-order valence-corrected chi connectivity index (χ2v) is 9.16. The van der Waals surface area contributed by atoms with Gasteiger partial charge in [-0.2, -0.15) is 0 Å². The van der Waals surface area contributed by atoms with Crippen molar-refractivity contribution in [3.05, 3.63) is 29.8 Å². The summed E-state index contributed by atoms with van der Waals surface area (Å²) in [4.78, 5) is 17.0. The molecule has 1 aromatic carbocycles. The molecule has 2 amide bonds. The molecule has 136 valence electrons. The second-order valence-electron chi connectivity index (χ2n) is 8.49. The van der Waals surface area contributed by atoms with Crippen LogP contribution in [0.2, 0.25) is 0 Å². The summed E-state index contributed by atoms with van der Waals surface area (Å²) in [5.41, 5.74) is 1.53. The molecule has 0 bridgehead atoms. The minimum Gasteiger partial charge on any atom is -0.336 e. The highest BCUT2D eigenvalue weighted by Crippen LogP contribution is 2.48. The number of nitrogens with one attached hydrogen (secondary N) is 1. The van der Waals surface area contributed by atoms with E-state index < -0.39 is 0 Å². The third-order valence-corrected chi connectivity index (χ3v) is 7.17. The van der Waals surface area contributed by atoms with Gasteiger partial charge in [0.2, 0.25) is 0 Å². The summed E-state index contributed by atoms with van der Waals surface area (Å²) in [7, 11) is 7.23. The second kappa shape index (κ2) is 6.25. The molecule has 3 aliphatic rings. The lowest BCUT2D eigenvalue weighted by molar-refractivity contribution is 0.0247. The Labute approximate surface area is 153 Å². The van der Waals surface area contributed by atoms with Crippen LogP contribution in [0.4, 0.5) is 4.79 Å². The number of carbonyl (C=O) groups excluding carboxylic acids is 1. The van der Waals surface area contributed by atoms with Crippen molar-refractivity contribution in [2.75, 3.05) is 27.2 Å². The van der Waals surface area contributed by atoms with E-state index in [4.69, 9.17) is 0 Å². The van der Waals surface area contributed by atoms with E-state index in [0.717, 1.165) is 44.7 Å². The number of nitrogens with zero attached hydrogens (tertiary/aromatic N) is 2. The van der Waals surface area contributed by atoms with Gasteiger partial charge in [0.15, 0.2) is 0 Å². The average molecular weight is 359 g/mol. The normalized spacial score (nSPS) is 32.5. The molecule has 4 rings (SSSR count). The molecule has 1 N–H and O–H groups in total. The first-order chi connectivity index (χ1) is 12.0. The summed E-state index contributed by atoms with van der Waals surface area (Å²) in [5.74, 6) is 0.745. The Kier molecular flexibility index (Phi) is 4.32. The van der Waals surface area contributed by atoms with Crippen LogP contribution in [0.5, 0.6) is 0 Å². The highest BCUT2D eigenvalue weighted by molar-refractivity contribution is 7.27. The van der Waals surface area contributed by atoms with Crippen molar-refractivity contribution < 1.29 is 4.79 Å². The molecule has 1 aromatic rings. The lowest BCUT2D eigenvalue weighted by atomic mass is 9.68. The summed E-state index contributed by atoms with van der Waals surface area (Å²) in [5, 5.41) is 4.38. The summed E-state index contributed by atoms with van der Waals surface area (Å²) in [6.45, 7) is 1.79. The van der Waals surface area contributed by atoms with Gasteiger partial charge in [-0.3, -0.25) is 4.90 Å². The molecule has 1 atom stereocenters. The Bertz CT molecular complexity index is 663. The molecule has 2 saturated carbocycles. The van der Waals surface area contributed by atoms with Gasteiger partial charge in [-0.05, 0) is 75.5 Å².